The first-order chi connectivity index (χ1) is 6.67. The molecule has 0 radical (unpaired) electrons. The predicted molar refractivity (Wildman–Crippen MR) is 59.5 cm³/mol. The lowest BCUT2D eigenvalue weighted by Crippen LogP contribution is -2.09. The highest BCUT2D eigenvalue weighted by atomic mass is 79.9. The second kappa shape index (κ2) is 5.02. The normalized spacial score (nSPS) is 11.9. The van der Waals surface area contributed by atoms with E-state index in [2.05, 4.69) is 15.9 Å². The molecule has 1 atom stereocenters. The monoisotopic (exact) mass is 253 g/mol. The quantitative estimate of drug-likeness (QED) is 0.776. The average molecular weight is 254 g/mol. The SMILES string of the molecule is Cc1ccc(OC(C)C#N)c(CBr)c1. The summed E-state index contributed by atoms with van der Waals surface area (Å²) in [7, 11) is 0. The van der Waals surface area contributed by atoms with Crippen molar-refractivity contribution in [2.75, 3.05) is 0 Å². The minimum Gasteiger partial charge on any atom is -0.476 e. The van der Waals surface area contributed by atoms with E-state index in [1.165, 1.54) is 5.56 Å². The summed E-state index contributed by atoms with van der Waals surface area (Å²) >= 11 is 3.39. The molecule has 0 fully saturated rings. The number of hydrogen-bond acceptors (Lipinski definition) is 2. The van der Waals surface area contributed by atoms with Crippen LogP contribution in [0.15, 0.2) is 18.2 Å². The first-order valence-electron chi connectivity index (χ1n) is 4.39. The summed E-state index contributed by atoms with van der Waals surface area (Å²) in [5.74, 6) is 0.779. The van der Waals surface area contributed by atoms with Crippen LogP contribution < -0.4 is 4.74 Å². The van der Waals surface area contributed by atoms with Gasteiger partial charge in [-0.15, -0.1) is 0 Å². The number of alkyl halides is 1. The molecule has 1 rings (SSSR count). The molecular weight excluding hydrogens is 242 g/mol. The minimum absolute atomic E-state index is 0.407. The van der Waals surface area contributed by atoms with Crippen LogP contribution in [0.3, 0.4) is 0 Å². The maximum atomic E-state index is 8.63. The zero-order valence-electron chi connectivity index (χ0n) is 8.25. The number of halogens is 1. The molecule has 1 aromatic rings. The molecule has 0 bridgehead atoms. The number of nitriles is 1. The molecule has 0 aromatic heterocycles. The first kappa shape index (κ1) is 11.1. The highest BCUT2D eigenvalue weighted by molar-refractivity contribution is 9.08. The lowest BCUT2D eigenvalue weighted by atomic mass is 10.1. The van der Waals surface area contributed by atoms with Crippen molar-refractivity contribution in [3.8, 4) is 11.8 Å². The Morgan fingerprint density at radius 2 is 2.29 bits per heavy atom. The van der Waals surface area contributed by atoms with Crippen LogP contribution in [0.2, 0.25) is 0 Å². The van der Waals surface area contributed by atoms with Crippen LogP contribution in [-0.2, 0) is 5.33 Å². The minimum atomic E-state index is -0.407. The van der Waals surface area contributed by atoms with Crippen molar-refractivity contribution in [2.45, 2.75) is 25.3 Å². The van der Waals surface area contributed by atoms with Crippen molar-refractivity contribution < 1.29 is 4.74 Å². The smallest absolute Gasteiger partial charge is 0.181 e. The summed E-state index contributed by atoms with van der Waals surface area (Å²) in [6.45, 7) is 3.77. The van der Waals surface area contributed by atoms with Gasteiger partial charge in [-0.2, -0.15) is 5.26 Å². The van der Waals surface area contributed by atoms with Crippen LogP contribution >= 0.6 is 15.9 Å². The average Bonchev–Trinajstić information content (AvgIpc) is 2.20. The lowest BCUT2D eigenvalue weighted by Gasteiger charge is -2.11. The second-order valence-electron chi connectivity index (χ2n) is 3.13. The maximum absolute atomic E-state index is 8.63. The number of nitrogens with zero attached hydrogens (tertiary/aromatic N) is 1. The van der Waals surface area contributed by atoms with Crippen LogP contribution in [-0.4, -0.2) is 6.10 Å². The second-order valence-corrected chi connectivity index (χ2v) is 3.69. The van der Waals surface area contributed by atoms with Gasteiger partial charge in [-0.05, 0) is 19.9 Å². The van der Waals surface area contributed by atoms with Gasteiger partial charge in [0.1, 0.15) is 11.8 Å². The predicted octanol–water partition coefficient (Wildman–Crippen LogP) is 3.18. The number of hydrogen-bond donors (Lipinski definition) is 0. The van der Waals surface area contributed by atoms with Crippen LogP contribution in [0.1, 0.15) is 18.1 Å². The zero-order valence-corrected chi connectivity index (χ0v) is 9.84. The Kier molecular flexibility index (Phi) is 3.97. The maximum Gasteiger partial charge on any atom is 0.181 e. The Morgan fingerprint density at radius 3 is 2.86 bits per heavy atom. The van der Waals surface area contributed by atoms with Gasteiger partial charge in [-0.3, -0.25) is 0 Å². The standard InChI is InChI=1S/C11H12BrNO/c1-8-3-4-11(10(5-8)6-12)14-9(2)7-13/h3-5,9H,6H2,1-2H3. The summed E-state index contributed by atoms with van der Waals surface area (Å²) < 4.78 is 5.45. The van der Waals surface area contributed by atoms with E-state index >= 15 is 0 Å². The fourth-order valence-electron chi connectivity index (χ4n) is 1.14. The molecule has 0 amide bonds. The Balaban J connectivity index is 2.92. The van der Waals surface area contributed by atoms with E-state index in [9.17, 15) is 0 Å². The fraction of sp³-hybridized carbons (Fsp3) is 0.364. The van der Waals surface area contributed by atoms with E-state index in [0.29, 0.717) is 0 Å². The van der Waals surface area contributed by atoms with Gasteiger partial charge < -0.3 is 4.74 Å². The third kappa shape index (κ3) is 2.74. The van der Waals surface area contributed by atoms with Gasteiger partial charge in [-0.1, -0.05) is 33.6 Å². The fourth-order valence-corrected chi connectivity index (χ4v) is 1.58. The molecule has 0 heterocycles. The van der Waals surface area contributed by atoms with Crippen molar-refractivity contribution >= 4 is 15.9 Å². The highest BCUT2D eigenvalue weighted by Gasteiger charge is 2.06. The Labute approximate surface area is 92.6 Å². The van der Waals surface area contributed by atoms with E-state index in [-0.39, 0.29) is 0 Å². The molecule has 1 unspecified atom stereocenters. The number of aryl methyl sites for hydroxylation is 1. The van der Waals surface area contributed by atoms with Crippen LogP contribution in [0, 0.1) is 18.3 Å². The van der Waals surface area contributed by atoms with E-state index in [0.717, 1.165) is 16.6 Å². The van der Waals surface area contributed by atoms with Crippen LogP contribution in [0.4, 0.5) is 0 Å². The molecule has 0 saturated carbocycles. The van der Waals surface area contributed by atoms with Crippen molar-refractivity contribution in [1.82, 2.24) is 0 Å². The van der Waals surface area contributed by atoms with Crippen LogP contribution in [0.25, 0.3) is 0 Å². The molecule has 1 aromatic carbocycles. The van der Waals surface area contributed by atoms with Gasteiger partial charge in [0.05, 0.1) is 0 Å². The molecule has 0 aliphatic rings. The molecule has 0 aliphatic carbocycles. The largest absolute Gasteiger partial charge is 0.476 e. The molecule has 0 N–H and O–H groups in total. The van der Waals surface area contributed by atoms with Crippen molar-refractivity contribution in [3.63, 3.8) is 0 Å². The molecule has 0 spiro atoms. The number of ether oxygens (including phenoxy) is 1. The summed E-state index contributed by atoms with van der Waals surface area (Å²) in [5.41, 5.74) is 2.27. The van der Waals surface area contributed by atoms with E-state index in [1.54, 1.807) is 6.92 Å². The third-order valence-electron chi connectivity index (χ3n) is 1.85. The molecular formula is C11H12BrNO. The van der Waals surface area contributed by atoms with Gasteiger partial charge in [0, 0.05) is 10.9 Å². The Morgan fingerprint density at radius 1 is 1.57 bits per heavy atom. The van der Waals surface area contributed by atoms with Crippen molar-refractivity contribution in [3.05, 3.63) is 29.3 Å². The Hall–Kier alpha value is -1.01. The van der Waals surface area contributed by atoms with Crippen LogP contribution in [0.5, 0.6) is 5.75 Å². The van der Waals surface area contributed by atoms with Crippen molar-refractivity contribution in [2.24, 2.45) is 0 Å². The van der Waals surface area contributed by atoms with Gasteiger partial charge in [0.25, 0.3) is 0 Å². The molecule has 74 valence electrons. The zero-order chi connectivity index (χ0) is 10.6. The summed E-state index contributed by atoms with van der Waals surface area (Å²) in [6, 6.07) is 7.97. The van der Waals surface area contributed by atoms with Gasteiger partial charge >= 0.3 is 0 Å². The van der Waals surface area contributed by atoms with E-state index in [4.69, 9.17) is 10.00 Å². The lowest BCUT2D eigenvalue weighted by molar-refractivity contribution is 0.274. The van der Waals surface area contributed by atoms with Gasteiger partial charge in [0.2, 0.25) is 0 Å². The van der Waals surface area contributed by atoms with Crippen molar-refractivity contribution in [1.29, 1.82) is 5.26 Å². The summed E-state index contributed by atoms with van der Waals surface area (Å²) in [5, 5.41) is 9.37. The molecule has 14 heavy (non-hydrogen) atoms. The first-order valence-corrected chi connectivity index (χ1v) is 5.51. The highest BCUT2D eigenvalue weighted by Crippen LogP contribution is 2.23. The summed E-state index contributed by atoms with van der Waals surface area (Å²) in [6.07, 6.45) is -0.407. The molecule has 0 aliphatic heterocycles. The van der Waals surface area contributed by atoms with Gasteiger partial charge in [-0.25, -0.2) is 0 Å². The Bertz CT molecular complexity index is 357. The van der Waals surface area contributed by atoms with E-state index < -0.39 is 6.10 Å². The third-order valence-corrected chi connectivity index (χ3v) is 2.45. The summed E-state index contributed by atoms with van der Waals surface area (Å²) in [4.78, 5) is 0. The van der Waals surface area contributed by atoms with E-state index in [1.807, 2.05) is 31.2 Å². The van der Waals surface area contributed by atoms with Gasteiger partial charge in [0.15, 0.2) is 6.10 Å². The topological polar surface area (TPSA) is 33.0 Å². The molecule has 3 heteroatoms. The molecule has 0 saturated heterocycles. The number of benzene rings is 1. The number of rotatable bonds is 3. The molecule has 2 nitrogen and oxygen atoms in total.